The molecule has 0 unspecified atom stereocenters. The Morgan fingerprint density at radius 2 is 2.21 bits per heavy atom. The van der Waals surface area contributed by atoms with Crippen LogP contribution >= 0.6 is 15.9 Å². The molecule has 2 saturated carbocycles. The standard InChI is InChI=1S/C13H13BrN2O3/c14-9-3-1-2-8(6-9)13(4-5-13)15-12(17)10-7-11(10)16(18)19/h1-3,6,10-11H,4-5,7H2,(H,15,17)/t10-,11+/m1/s1. The number of carbonyl (C=O) groups excluding carboxylic acids is 1. The summed E-state index contributed by atoms with van der Waals surface area (Å²) in [6.45, 7) is 0. The fourth-order valence-electron chi connectivity index (χ4n) is 2.42. The van der Waals surface area contributed by atoms with Crippen molar-refractivity contribution in [2.24, 2.45) is 5.92 Å². The van der Waals surface area contributed by atoms with Gasteiger partial charge in [-0.2, -0.15) is 0 Å². The van der Waals surface area contributed by atoms with E-state index in [0.29, 0.717) is 6.42 Å². The largest absolute Gasteiger partial charge is 0.346 e. The quantitative estimate of drug-likeness (QED) is 0.681. The van der Waals surface area contributed by atoms with E-state index < -0.39 is 12.0 Å². The number of nitrogens with zero attached hydrogens (tertiary/aromatic N) is 1. The molecule has 0 saturated heterocycles. The summed E-state index contributed by atoms with van der Waals surface area (Å²) in [6, 6.07) is 7.16. The predicted molar refractivity (Wildman–Crippen MR) is 72.1 cm³/mol. The van der Waals surface area contributed by atoms with Gasteiger partial charge >= 0.3 is 0 Å². The van der Waals surface area contributed by atoms with Crippen molar-refractivity contribution in [3.8, 4) is 0 Å². The summed E-state index contributed by atoms with van der Waals surface area (Å²) in [6.07, 6.45) is 2.16. The van der Waals surface area contributed by atoms with Gasteiger partial charge in [-0.1, -0.05) is 28.1 Å². The lowest BCUT2D eigenvalue weighted by Gasteiger charge is -2.18. The monoisotopic (exact) mass is 324 g/mol. The molecule has 1 N–H and O–H groups in total. The van der Waals surface area contributed by atoms with Gasteiger partial charge in [-0.3, -0.25) is 14.9 Å². The van der Waals surface area contributed by atoms with Gasteiger partial charge in [0.15, 0.2) is 0 Å². The summed E-state index contributed by atoms with van der Waals surface area (Å²) < 4.78 is 0.972. The average molecular weight is 325 g/mol. The Kier molecular flexibility index (Phi) is 2.85. The molecule has 2 atom stereocenters. The smallest absolute Gasteiger partial charge is 0.231 e. The molecule has 5 nitrogen and oxygen atoms in total. The first-order valence-corrected chi connectivity index (χ1v) is 7.03. The lowest BCUT2D eigenvalue weighted by atomic mass is 10.0. The third-order valence-electron chi connectivity index (χ3n) is 3.85. The Morgan fingerprint density at radius 1 is 1.47 bits per heavy atom. The Balaban J connectivity index is 1.70. The second-order valence-electron chi connectivity index (χ2n) is 5.28. The molecule has 0 heterocycles. The number of amides is 1. The van der Waals surface area contributed by atoms with Gasteiger partial charge in [0.2, 0.25) is 11.9 Å². The molecule has 100 valence electrons. The molecule has 1 aromatic rings. The van der Waals surface area contributed by atoms with Crippen molar-refractivity contribution in [1.82, 2.24) is 5.32 Å². The first-order chi connectivity index (χ1) is 9.02. The molecule has 1 aromatic carbocycles. The van der Waals surface area contributed by atoms with Crippen LogP contribution in [0.15, 0.2) is 28.7 Å². The van der Waals surface area contributed by atoms with E-state index in [1.807, 2.05) is 24.3 Å². The summed E-state index contributed by atoms with van der Waals surface area (Å²) in [4.78, 5) is 22.2. The van der Waals surface area contributed by atoms with Crippen molar-refractivity contribution in [1.29, 1.82) is 0 Å². The van der Waals surface area contributed by atoms with Gasteiger partial charge in [0.25, 0.3) is 0 Å². The average Bonchev–Trinajstić information content (AvgIpc) is 3.23. The molecule has 2 aliphatic rings. The van der Waals surface area contributed by atoms with Gasteiger partial charge in [0.1, 0.15) is 5.92 Å². The SMILES string of the molecule is O=C(NC1(c2cccc(Br)c2)CC1)[C@@H]1C[C@@H]1[N+](=O)[O-]. The van der Waals surface area contributed by atoms with Crippen LogP contribution < -0.4 is 5.32 Å². The molecule has 0 radical (unpaired) electrons. The number of benzene rings is 1. The third kappa shape index (κ3) is 2.36. The minimum Gasteiger partial charge on any atom is -0.346 e. The third-order valence-corrected chi connectivity index (χ3v) is 4.35. The number of nitrogens with one attached hydrogen (secondary N) is 1. The van der Waals surface area contributed by atoms with Crippen molar-refractivity contribution in [3.63, 3.8) is 0 Å². The highest BCUT2D eigenvalue weighted by molar-refractivity contribution is 9.10. The Hall–Kier alpha value is -1.43. The van der Waals surface area contributed by atoms with Crippen LogP contribution in [0.3, 0.4) is 0 Å². The molecule has 0 aliphatic heterocycles. The van der Waals surface area contributed by atoms with Gasteiger partial charge in [-0.05, 0) is 30.5 Å². The van der Waals surface area contributed by atoms with Crippen LogP contribution in [-0.2, 0) is 10.3 Å². The minimum absolute atomic E-state index is 0.181. The normalized spacial score (nSPS) is 26.6. The van der Waals surface area contributed by atoms with Gasteiger partial charge in [-0.25, -0.2) is 0 Å². The van der Waals surface area contributed by atoms with E-state index in [2.05, 4.69) is 21.2 Å². The molecule has 0 spiro atoms. The molecule has 1 amide bonds. The first kappa shape index (κ1) is 12.6. The maximum Gasteiger partial charge on any atom is 0.231 e. The van der Waals surface area contributed by atoms with Crippen molar-refractivity contribution < 1.29 is 9.72 Å². The van der Waals surface area contributed by atoms with Crippen molar-refractivity contribution in [2.45, 2.75) is 30.8 Å². The van der Waals surface area contributed by atoms with Crippen molar-refractivity contribution in [3.05, 3.63) is 44.4 Å². The number of hydrogen-bond donors (Lipinski definition) is 1. The van der Waals surface area contributed by atoms with Crippen LogP contribution in [0.4, 0.5) is 0 Å². The summed E-state index contributed by atoms with van der Waals surface area (Å²) in [5.41, 5.74) is 0.762. The topological polar surface area (TPSA) is 72.2 Å². The Bertz CT molecular complexity index is 557. The fraction of sp³-hybridized carbons (Fsp3) is 0.462. The van der Waals surface area contributed by atoms with Crippen LogP contribution in [-0.4, -0.2) is 16.9 Å². The molecular weight excluding hydrogens is 312 g/mol. The van der Waals surface area contributed by atoms with E-state index in [0.717, 1.165) is 22.9 Å². The highest BCUT2D eigenvalue weighted by atomic mass is 79.9. The maximum atomic E-state index is 12.0. The van der Waals surface area contributed by atoms with Gasteiger partial charge in [0.05, 0.1) is 5.54 Å². The van der Waals surface area contributed by atoms with Gasteiger partial charge < -0.3 is 5.32 Å². The predicted octanol–water partition coefficient (Wildman–Crippen LogP) is 2.22. The lowest BCUT2D eigenvalue weighted by Crippen LogP contribution is -2.37. The number of hydrogen-bond acceptors (Lipinski definition) is 3. The Morgan fingerprint density at radius 3 is 2.74 bits per heavy atom. The molecule has 2 aliphatic carbocycles. The fourth-order valence-corrected chi connectivity index (χ4v) is 2.82. The number of carbonyl (C=O) groups is 1. The van der Waals surface area contributed by atoms with E-state index in [1.165, 1.54) is 0 Å². The zero-order valence-electron chi connectivity index (χ0n) is 10.1. The molecular formula is C13H13BrN2O3. The number of halogens is 1. The lowest BCUT2D eigenvalue weighted by molar-refractivity contribution is -0.497. The van der Waals surface area contributed by atoms with Crippen molar-refractivity contribution >= 4 is 21.8 Å². The van der Waals surface area contributed by atoms with Crippen LogP contribution in [0.5, 0.6) is 0 Å². The van der Waals surface area contributed by atoms with Crippen LogP contribution in [0.25, 0.3) is 0 Å². The zero-order valence-corrected chi connectivity index (χ0v) is 11.7. The van der Waals surface area contributed by atoms with Crippen molar-refractivity contribution in [2.75, 3.05) is 0 Å². The highest BCUT2D eigenvalue weighted by Crippen LogP contribution is 2.47. The summed E-state index contributed by atoms with van der Waals surface area (Å²) in [5.74, 6) is -0.626. The maximum absolute atomic E-state index is 12.0. The van der Waals surface area contributed by atoms with Gasteiger partial charge in [0, 0.05) is 15.8 Å². The summed E-state index contributed by atoms with van der Waals surface area (Å²) >= 11 is 3.42. The van der Waals surface area contributed by atoms with Gasteiger partial charge in [-0.15, -0.1) is 0 Å². The first-order valence-electron chi connectivity index (χ1n) is 6.23. The summed E-state index contributed by atoms with van der Waals surface area (Å²) in [5, 5.41) is 13.6. The highest BCUT2D eigenvalue weighted by Gasteiger charge is 2.56. The Labute approximate surface area is 118 Å². The number of nitro groups is 1. The van der Waals surface area contributed by atoms with E-state index in [-0.39, 0.29) is 16.4 Å². The van der Waals surface area contributed by atoms with E-state index >= 15 is 0 Å². The van der Waals surface area contributed by atoms with Crippen LogP contribution in [0.2, 0.25) is 0 Å². The van der Waals surface area contributed by atoms with E-state index in [4.69, 9.17) is 0 Å². The number of rotatable bonds is 4. The second kappa shape index (κ2) is 4.30. The molecule has 0 aromatic heterocycles. The van der Waals surface area contributed by atoms with E-state index in [9.17, 15) is 14.9 Å². The zero-order chi connectivity index (χ0) is 13.6. The van der Waals surface area contributed by atoms with E-state index in [1.54, 1.807) is 0 Å². The molecule has 6 heteroatoms. The molecule has 19 heavy (non-hydrogen) atoms. The van der Waals surface area contributed by atoms with Crippen LogP contribution in [0, 0.1) is 16.0 Å². The molecule has 2 fully saturated rings. The molecule has 0 bridgehead atoms. The molecule has 3 rings (SSSR count). The minimum atomic E-state index is -0.682. The summed E-state index contributed by atoms with van der Waals surface area (Å²) in [7, 11) is 0. The second-order valence-corrected chi connectivity index (χ2v) is 6.19. The van der Waals surface area contributed by atoms with Crippen LogP contribution in [0.1, 0.15) is 24.8 Å².